The normalized spacial score (nSPS) is 11.7. The van der Waals surface area contributed by atoms with Crippen molar-refractivity contribution in [3.05, 3.63) is 42.5 Å². The van der Waals surface area contributed by atoms with Crippen molar-refractivity contribution < 1.29 is 4.74 Å². The van der Waals surface area contributed by atoms with Gasteiger partial charge in [0.1, 0.15) is 11.4 Å². The van der Waals surface area contributed by atoms with Crippen molar-refractivity contribution in [1.82, 2.24) is 0 Å². The van der Waals surface area contributed by atoms with Crippen molar-refractivity contribution >= 4 is 26.7 Å². The summed E-state index contributed by atoms with van der Waals surface area (Å²) in [5.74, 6) is 0.947. The van der Waals surface area contributed by atoms with Crippen LogP contribution in [0.1, 0.15) is 13.8 Å². The molecule has 0 heterocycles. The molecule has 0 fully saturated rings. The highest BCUT2D eigenvalue weighted by atomic mass is 79.9. The first kappa shape index (κ1) is 11.5. The maximum atomic E-state index is 6.02. The fourth-order valence-electron chi connectivity index (χ4n) is 1.61. The molecule has 2 aromatic rings. The van der Waals surface area contributed by atoms with E-state index >= 15 is 0 Å². The van der Waals surface area contributed by atoms with Crippen molar-refractivity contribution in [2.75, 3.05) is 5.33 Å². The fourth-order valence-corrected chi connectivity index (χ4v) is 1.72. The minimum absolute atomic E-state index is 0.190. The van der Waals surface area contributed by atoms with Gasteiger partial charge in [-0.1, -0.05) is 52.3 Å². The molecule has 84 valence electrons. The number of alkyl halides is 1. The van der Waals surface area contributed by atoms with Crippen LogP contribution in [-0.4, -0.2) is 10.9 Å². The molecule has 0 amide bonds. The van der Waals surface area contributed by atoms with Crippen LogP contribution in [0.5, 0.6) is 5.75 Å². The van der Waals surface area contributed by atoms with Crippen molar-refractivity contribution in [2.24, 2.45) is 0 Å². The first-order chi connectivity index (χ1) is 7.62. The molecule has 0 saturated heterocycles. The Morgan fingerprint density at radius 2 is 1.75 bits per heavy atom. The quantitative estimate of drug-likeness (QED) is 0.757. The average molecular weight is 279 g/mol. The summed E-state index contributed by atoms with van der Waals surface area (Å²) in [6.45, 7) is 4.15. The van der Waals surface area contributed by atoms with Gasteiger partial charge in [-0.3, -0.25) is 0 Å². The number of hydrogen-bond acceptors (Lipinski definition) is 1. The number of hydrogen-bond donors (Lipinski definition) is 0. The van der Waals surface area contributed by atoms with Gasteiger partial charge in [-0.05, 0) is 25.3 Å². The van der Waals surface area contributed by atoms with Crippen LogP contribution in [0, 0.1) is 0 Å². The van der Waals surface area contributed by atoms with Gasteiger partial charge in [0.25, 0.3) is 0 Å². The van der Waals surface area contributed by atoms with Crippen LogP contribution in [-0.2, 0) is 0 Å². The average Bonchev–Trinajstić information content (AvgIpc) is 2.29. The fraction of sp³-hybridized carbons (Fsp3) is 0.286. The molecule has 0 N–H and O–H groups in total. The largest absolute Gasteiger partial charge is 0.486 e. The smallest absolute Gasteiger partial charge is 0.127 e. The van der Waals surface area contributed by atoms with E-state index in [9.17, 15) is 0 Å². The molecule has 2 aromatic carbocycles. The highest BCUT2D eigenvalue weighted by Crippen LogP contribution is 2.28. The van der Waals surface area contributed by atoms with Gasteiger partial charge in [0.2, 0.25) is 0 Å². The van der Waals surface area contributed by atoms with Crippen LogP contribution in [0.2, 0.25) is 0 Å². The Bertz CT molecular complexity index is 486. The summed E-state index contributed by atoms with van der Waals surface area (Å²) < 4.78 is 6.02. The van der Waals surface area contributed by atoms with Gasteiger partial charge < -0.3 is 4.74 Å². The lowest BCUT2D eigenvalue weighted by molar-refractivity contribution is 0.139. The second-order valence-electron chi connectivity index (χ2n) is 4.47. The third-order valence-electron chi connectivity index (χ3n) is 2.46. The Hall–Kier alpha value is -1.02. The third-order valence-corrected chi connectivity index (χ3v) is 3.81. The van der Waals surface area contributed by atoms with Crippen molar-refractivity contribution in [1.29, 1.82) is 0 Å². The second-order valence-corrected chi connectivity index (χ2v) is 5.03. The summed E-state index contributed by atoms with van der Waals surface area (Å²) in [4.78, 5) is 0. The number of fused-ring (bicyclic) bond motifs is 1. The molecule has 0 aliphatic rings. The van der Waals surface area contributed by atoms with Crippen LogP contribution in [0.4, 0.5) is 0 Å². The van der Waals surface area contributed by atoms with Crippen molar-refractivity contribution in [3.8, 4) is 5.75 Å². The molecule has 0 unspecified atom stereocenters. The molecular weight excluding hydrogens is 264 g/mol. The summed E-state index contributed by atoms with van der Waals surface area (Å²) in [6, 6.07) is 14.4. The monoisotopic (exact) mass is 278 g/mol. The minimum atomic E-state index is -0.190. The molecule has 16 heavy (non-hydrogen) atoms. The summed E-state index contributed by atoms with van der Waals surface area (Å²) >= 11 is 3.47. The highest BCUT2D eigenvalue weighted by Gasteiger charge is 2.18. The SMILES string of the molecule is CC(C)(CBr)Oc1cccc2ccccc12. The zero-order valence-corrected chi connectivity index (χ0v) is 11.1. The molecule has 2 rings (SSSR count). The van der Waals surface area contributed by atoms with Crippen LogP contribution >= 0.6 is 15.9 Å². The van der Waals surface area contributed by atoms with Crippen molar-refractivity contribution in [2.45, 2.75) is 19.4 Å². The van der Waals surface area contributed by atoms with Gasteiger partial charge in [-0.2, -0.15) is 0 Å². The highest BCUT2D eigenvalue weighted by molar-refractivity contribution is 9.09. The molecule has 0 saturated carbocycles. The summed E-state index contributed by atoms with van der Waals surface area (Å²) in [5.41, 5.74) is -0.190. The zero-order chi connectivity index (χ0) is 11.6. The predicted octanol–water partition coefficient (Wildman–Crippen LogP) is 4.39. The number of benzene rings is 2. The maximum Gasteiger partial charge on any atom is 0.127 e. The molecule has 0 aliphatic carbocycles. The molecule has 0 aromatic heterocycles. The van der Waals surface area contributed by atoms with Gasteiger partial charge in [0.05, 0.1) is 0 Å². The predicted molar refractivity (Wildman–Crippen MR) is 72.4 cm³/mol. The number of halogens is 1. The van der Waals surface area contributed by atoms with Crippen LogP contribution < -0.4 is 4.74 Å². The van der Waals surface area contributed by atoms with E-state index in [1.807, 2.05) is 24.3 Å². The first-order valence-electron chi connectivity index (χ1n) is 5.35. The molecule has 1 nitrogen and oxygen atoms in total. The van der Waals surface area contributed by atoms with Crippen LogP contribution in [0.3, 0.4) is 0 Å². The van der Waals surface area contributed by atoms with E-state index in [1.54, 1.807) is 0 Å². The van der Waals surface area contributed by atoms with E-state index in [0.29, 0.717) is 0 Å². The molecular formula is C14H15BrO. The van der Waals surface area contributed by atoms with Crippen LogP contribution in [0.15, 0.2) is 42.5 Å². The van der Waals surface area contributed by atoms with E-state index in [4.69, 9.17) is 4.74 Å². The lowest BCUT2D eigenvalue weighted by atomic mass is 10.1. The van der Waals surface area contributed by atoms with Gasteiger partial charge in [-0.25, -0.2) is 0 Å². The Balaban J connectivity index is 2.45. The number of ether oxygens (including phenoxy) is 1. The summed E-state index contributed by atoms with van der Waals surface area (Å²) in [5, 5.41) is 3.19. The molecule has 0 radical (unpaired) electrons. The van der Waals surface area contributed by atoms with E-state index in [2.05, 4.69) is 48.0 Å². The first-order valence-corrected chi connectivity index (χ1v) is 6.47. The lowest BCUT2D eigenvalue weighted by Gasteiger charge is -2.24. The van der Waals surface area contributed by atoms with Crippen molar-refractivity contribution in [3.63, 3.8) is 0 Å². The topological polar surface area (TPSA) is 9.23 Å². The third kappa shape index (κ3) is 2.38. The Kier molecular flexibility index (Phi) is 3.20. The van der Waals surface area contributed by atoms with Gasteiger partial charge >= 0.3 is 0 Å². The minimum Gasteiger partial charge on any atom is -0.486 e. The van der Waals surface area contributed by atoms with E-state index in [0.717, 1.165) is 11.1 Å². The van der Waals surface area contributed by atoms with E-state index < -0.39 is 0 Å². The molecule has 0 aliphatic heterocycles. The molecule has 2 heteroatoms. The maximum absolute atomic E-state index is 6.02. The van der Waals surface area contributed by atoms with Gasteiger partial charge in [0, 0.05) is 10.7 Å². The lowest BCUT2D eigenvalue weighted by Crippen LogP contribution is -2.29. The Morgan fingerprint density at radius 1 is 1.06 bits per heavy atom. The summed E-state index contributed by atoms with van der Waals surface area (Å²) in [7, 11) is 0. The standard InChI is InChI=1S/C14H15BrO/c1-14(2,10-15)16-13-9-5-7-11-6-3-4-8-12(11)13/h3-9H,10H2,1-2H3. The Morgan fingerprint density at radius 3 is 2.50 bits per heavy atom. The van der Waals surface area contributed by atoms with E-state index in [1.165, 1.54) is 10.8 Å². The zero-order valence-electron chi connectivity index (χ0n) is 9.53. The Labute approximate surface area is 105 Å². The molecule has 0 spiro atoms. The van der Waals surface area contributed by atoms with Crippen LogP contribution in [0.25, 0.3) is 10.8 Å². The van der Waals surface area contributed by atoms with E-state index in [-0.39, 0.29) is 5.60 Å². The second kappa shape index (κ2) is 4.46. The van der Waals surface area contributed by atoms with Gasteiger partial charge in [-0.15, -0.1) is 0 Å². The van der Waals surface area contributed by atoms with Gasteiger partial charge in [0.15, 0.2) is 0 Å². The molecule has 0 atom stereocenters. The number of rotatable bonds is 3. The molecule has 0 bridgehead atoms. The summed E-state index contributed by atoms with van der Waals surface area (Å²) in [6.07, 6.45) is 0.